The Bertz CT molecular complexity index is 578. The van der Waals surface area contributed by atoms with Gasteiger partial charge in [-0.2, -0.15) is 0 Å². The lowest BCUT2D eigenvalue weighted by Crippen LogP contribution is -2.28. The number of nitrogens with one attached hydrogen (secondary N) is 1. The highest BCUT2D eigenvalue weighted by atomic mass is 35.5. The van der Waals surface area contributed by atoms with Crippen molar-refractivity contribution in [3.8, 4) is 0 Å². The summed E-state index contributed by atoms with van der Waals surface area (Å²) < 4.78 is 0. The summed E-state index contributed by atoms with van der Waals surface area (Å²) in [6.07, 6.45) is 0.342. The molecule has 1 amide bonds. The highest BCUT2D eigenvalue weighted by molar-refractivity contribution is 6.30. The number of halogens is 2. The molecule has 0 bridgehead atoms. The first-order valence-electron chi connectivity index (χ1n) is 6.34. The van der Waals surface area contributed by atoms with Crippen LogP contribution in [0, 0.1) is 0 Å². The van der Waals surface area contributed by atoms with Crippen molar-refractivity contribution in [3.63, 3.8) is 0 Å². The number of hydrogen-bond acceptors (Lipinski definition) is 1. The van der Waals surface area contributed by atoms with E-state index in [-0.39, 0.29) is 11.9 Å². The maximum absolute atomic E-state index is 12.0. The van der Waals surface area contributed by atoms with E-state index in [9.17, 15) is 4.79 Å². The highest BCUT2D eigenvalue weighted by Crippen LogP contribution is 2.16. The van der Waals surface area contributed by atoms with Crippen LogP contribution in [0.3, 0.4) is 0 Å². The van der Waals surface area contributed by atoms with E-state index in [1.807, 2.05) is 43.3 Å². The van der Waals surface area contributed by atoms with Crippen LogP contribution in [0.4, 0.5) is 0 Å². The summed E-state index contributed by atoms with van der Waals surface area (Å²) in [5.74, 6) is -0.0187. The first kappa shape index (κ1) is 14.9. The van der Waals surface area contributed by atoms with E-state index in [2.05, 4.69) is 5.32 Å². The molecule has 0 spiro atoms. The molecule has 0 radical (unpaired) electrons. The zero-order chi connectivity index (χ0) is 14.5. The molecule has 2 aromatic rings. The van der Waals surface area contributed by atoms with Gasteiger partial charge in [-0.05, 0) is 42.3 Å². The van der Waals surface area contributed by atoms with Crippen molar-refractivity contribution in [1.82, 2.24) is 5.32 Å². The third-order valence-corrected chi connectivity index (χ3v) is 3.53. The SMILES string of the molecule is CC(NC(=O)Cc1ccc(Cl)cc1)c1ccc(Cl)cc1. The molecule has 20 heavy (non-hydrogen) atoms. The number of carbonyl (C=O) groups excluding carboxylic acids is 1. The Morgan fingerprint density at radius 2 is 1.50 bits per heavy atom. The van der Waals surface area contributed by atoms with Crippen molar-refractivity contribution >= 4 is 29.1 Å². The van der Waals surface area contributed by atoms with Crippen LogP contribution in [0.1, 0.15) is 24.1 Å². The fourth-order valence-electron chi connectivity index (χ4n) is 1.91. The number of carbonyl (C=O) groups is 1. The van der Waals surface area contributed by atoms with E-state index in [0.29, 0.717) is 16.5 Å². The molecule has 0 saturated heterocycles. The van der Waals surface area contributed by atoms with E-state index in [1.165, 1.54) is 0 Å². The number of benzene rings is 2. The predicted octanol–water partition coefficient (Wildman–Crippen LogP) is 4.41. The third-order valence-electron chi connectivity index (χ3n) is 3.03. The molecule has 2 rings (SSSR count). The molecule has 1 N–H and O–H groups in total. The van der Waals surface area contributed by atoms with Gasteiger partial charge in [0.05, 0.1) is 12.5 Å². The van der Waals surface area contributed by atoms with Gasteiger partial charge >= 0.3 is 0 Å². The van der Waals surface area contributed by atoms with Crippen LogP contribution >= 0.6 is 23.2 Å². The fraction of sp³-hybridized carbons (Fsp3) is 0.188. The molecule has 0 fully saturated rings. The van der Waals surface area contributed by atoms with Crippen LogP contribution in [0.2, 0.25) is 10.0 Å². The van der Waals surface area contributed by atoms with Crippen LogP contribution < -0.4 is 5.32 Å². The van der Waals surface area contributed by atoms with Gasteiger partial charge in [0.2, 0.25) is 5.91 Å². The van der Waals surface area contributed by atoms with Gasteiger partial charge in [0, 0.05) is 10.0 Å². The third kappa shape index (κ3) is 4.26. The summed E-state index contributed by atoms with van der Waals surface area (Å²) in [7, 11) is 0. The standard InChI is InChI=1S/C16H15Cl2NO/c1-11(13-4-8-15(18)9-5-13)19-16(20)10-12-2-6-14(17)7-3-12/h2-9,11H,10H2,1H3,(H,19,20). The topological polar surface area (TPSA) is 29.1 Å². The largest absolute Gasteiger partial charge is 0.349 e. The van der Waals surface area contributed by atoms with Gasteiger partial charge in [0.15, 0.2) is 0 Å². The van der Waals surface area contributed by atoms with Gasteiger partial charge in [-0.1, -0.05) is 47.5 Å². The minimum Gasteiger partial charge on any atom is -0.349 e. The Balaban J connectivity index is 1.93. The smallest absolute Gasteiger partial charge is 0.224 e. The highest BCUT2D eigenvalue weighted by Gasteiger charge is 2.10. The molecule has 4 heteroatoms. The Labute approximate surface area is 128 Å². The lowest BCUT2D eigenvalue weighted by atomic mass is 10.1. The summed E-state index contributed by atoms with van der Waals surface area (Å²) in [5.41, 5.74) is 1.97. The molecule has 2 nitrogen and oxygen atoms in total. The Morgan fingerprint density at radius 3 is 2.05 bits per heavy atom. The predicted molar refractivity (Wildman–Crippen MR) is 83.2 cm³/mol. The lowest BCUT2D eigenvalue weighted by Gasteiger charge is -2.14. The second-order valence-corrected chi connectivity index (χ2v) is 5.52. The van der Waals surface area contributed by atoms with Crippen molar-refractivity contribution in [1.29, 1.82) is 0 Å². The second-order valence-electron chi connectivity index (χ2n) is 4.64. The first-order chi connectivity index (χ1) is 9.54. The summed E-state index contributed by atoms with van der Waals surface area (Å²) >= 11 is 11.7. The van der Waals surface area contributed by atoms with Crippen molar-refractivity contribution < 1.29 is 4.79 Å². The zero-order valence-corrected chi connectivity index (χ0v) is 12.6. The Hall–Kier alpha value is -1.51. The van der Waals surface area contributed by atoms with Gasteiger partial charge < -0.3 is 5.32 Å². The number of hydrogen-bond donors (Lipinski definition) is 1. The van der Waals surface area contributed by atoms with Gasteiger partial charge in [-0.15, -0.1) is 0 Å². The van der Waals surface area contributed by atoms with Crippen molar-refractivity contribution in [3.05, 3.63) is 69.7 Å². The van der Waals surface area contributed by atoms with Crippen molar-refractivity contribution in [2.24, 2.45) is 0 Å². The first-order valence-corrected chi connectivity index (χ1v) is 7.09. The van der Waals surface area contributed by atoms with Crippen LogP contribution in [-0.2, 0) is 11.2 Å². The normalized spacial score (nSPS) is 11.9. The molecular weight excluding hydrogens is 293 g/mol. The molecule has 2 aromatic carbocycles. The van der Waals surface area contributed by atoms with Crippen LogP contribution in [-0.4, -0.2) is 5.91 Å². The lowest BCUT2D eigenvalue weighted by molar-refractivity contribution is -0.121. The fourth-order valence-corrected chi connectivity index (χ4v) is 2.17. The van der Waals surface area contributed by atoms with Crippen molar-refractivity contribution in [2.45, 2.75) is 19.4 Å². The van der Waals surface area contributed by atoms with E-state index in [0.717, 1.165) is 11.1 Å². The maximum Gasteiger partial charge on any atom is 0.224 e. The number of rotatable bonds is 4. The molecule has 0 aliphatic rings. The minimum absolute atomic E-state index is 0.0187. The second kappa shape index (κ2) is 6.78. The quantitative estimate of drug-likeness (QED) is 0.890. The van der Waals surface area contributed by atoms with E-state index < -0.39 is 0 Å². The van der Waals surface area contributed by atoms with Gasteiger partial charge in [0.25, 0.3) is 0 Å². The molecule has 1 unspecified atom stereocenters. The molecule has 104 valence electrons. The van der Waals surface area contributed by atoms with Crippen molar-refractivity contribution in [2.75, 3.05) is 0 Å². The Morgan fingerprint density at radius 1 is 1.00 bits per heavy atom. The van der Waals surface area contributed by atoms with E-state index in [4.69, 9.17) is 23.2 Å². The summed E-state index contributed by atoms with van der Waals surface area (Å²) in [5, 5.41) is 4.32. The maximum atomic E-state index is 12.0. The minimum atomic E-state index is -0.0490. The molecule has 0 saturated carbocycles. The zero-order valence-electron chi connectivity index (χ0n) is 11.1. The number of amides is 1. The average Bonchev–Trinajstić information content (AvgIpc) is 2.42. The molecule has 0 aromatic heterocycles. The molecule has 0 heterocycles. The summed E-state index contributed by atoms with van der Waals surface area (Å²) in [4.78, 5) is 12.0. The molecule has 1 atom stereocenters. The van der Waals surface area contributed by atoms with Crippen LogP contribution in [0.15, 0.2) is 48.5 Å². The van der Waals surface area contributed by atoms with E-state index >= 15 is 0 Å². The molecule has 0 aliphatic carbocycles. The average molecular weight is 308 g/mol. The molecular formula is C16H15Cl2NO. The Kier molecular flexibility index (Phi) is 5.05. The monoisotopic (exact) mass is 307 g/mol. The van der Waals surface area contributed by atoms with Gasteiger partial charge in [-0.3, -0.25) is 4.79 Å². The summed E-state index contributed by atoms with van der Waals surface area (Å²) in [6, 6.07) is 14.7. The molecule has 0 aliphatic heterocycles. The van der Waals surface area contributed by atoms with Crippen LogP contribution in [0.25, 0.3) is 0 Å². The van der Waals surface area contributed by atoms with Crippen LogP contribution in [0.5, 0.6) is 0 Å². The van der Waals surface area contributed by atoms with Gasteiger partial charge in [0.1, 0.15) is 0 Å². The van der Waals surface area contributed by atoms with E-state index in [1.54, 1.807) is 12.1 Å². The summed E-state index contributed by atoms with van der Waals surface area (Å²) in [6.45, 7) is 1.95. The van der Waals surface area contributed by atoms with Gasteiger partial charge in [-0.25, -0.2) is 0 Å².